The van der Waals surface area contributed by atoms with Gasteiger partial charge < -0.3 is 20.5 Å². The lowest BCUT2D eigenvalue weighted by atomic mass is 10.8. The Kier molecular flexibility index (Phi) is 3.27. The first-order valence-corrected chi connectivity index (χ1v) is 2.62. The van der Waals surface area contributed by atoms with Gasteiger partial charge in [-0.1, -0.05) is 0 Å². The third-order valence-electron chi connectivity index (χ3n) is 0.900. The quantitative estimate of drug-likeness (QED) is 0.451. The van der Waals surface area contributed by atoms with Crippen LogP contribution in [-0.4, -0.2) is 26.9 Å². The van der Waals surface area contributed by atoms with E-state index >= 15 is 0 Å². The van der Waals surface area contributed by atoms with Crippen LogP contribution in [0.3, 0.4) is 0 Å². The van der Waals surface area contributed by atoms with Gasteiger partial charge in [0.2, 0.25) is 11.8 Å². The second kappa shape index (κ2) is 3.73. The molecule has 0 unspecified atom stereocenters. The fourth-order valence-corrected chi connectivity index (χ4v) is 0.464. The van der Waals surface area contributed by atoms with E-state index in [1.54, 1.807) is 7.05 Å². The first-order valence-electron chi connectivity index (χ1n) is 2.62. The van der Waals surface area contributed by atoms with Crippen molar-refractivity contribution in [3.8, 4) is 5.88 Å². The Bertz CT molecular complexity index is 177. The van der Waals surface area contributed by atoms with Crippen LogP contribution in [0.4, 0.5) is 5.95 Å². The van der Waals surface area contributed by atoms with Gasteiger partial charge in [0, 0.05) is 14.2 Å². The number of imidazole rings is 1. The molecule has 0 spiro atoms. The Labute approximate surface area is 58.7 Å². The zero-order chi connectivity index (χ0) is 8.15. The Balaban J connectivity index is 0.000000371. The molecule has 1 rings (SSSR count). The Hall–Kier alpha value is -1.23. The maximum Gasteiger partial charge on any atom is 0.230 e. The number of aliphatic hydroxyl groups is 1. The molecule has 4 N–H and O–H groups in total. The SMILES string of the molecule is CO.Cn1cc(O)nc1N. The van der Waals surface area contributed by atoms with Crippen LogP contribution >= 0.6 is 0 Å². The zero-order valence-electron chi connectivity index (χ0n) is 5.94. The number of aromatic hydroxyl groups is 1. The predicted molar refractivity (Wildman–Crippen MR) is 37.4 cm³/mol. The van der Waals surface area contributed by atoms with E-state index in [0.29, 0.717) is 5.95 Å². The minimum atomic E-state index is -0.0370. The number of nitrogens with zero attached hydrogens (tertiary/aromatic N) is 2. The van der Waals surface area contributed by atoms with Crippen molar-refractivity contribution in [2.75, 3.05) is 12.8 Å². The first kappa shape index (κ1) is 8.77. The molecule has 5 heteroatoms. The predicted octanol–water partition coefficient (Wildman–Crippen LogP) is -0.684. The van der Waals surface area contributed by atoms with E-state index in [0.717, 1.165) is 7.11 Å². The maximum atomic E-state index is 8.62. The summed E-state index contributed by atoms with van der Waals surface area (Å²) in [5.41, 5.74) is 5.23. The molecule has 0 radical (unpaired) electrons. The average Bonchev–Trinajstić information content (AvgIpc) is 2.16. The molecule has 0 fully saturated rings. The van der Waals surface area contributed by atoms with Crippen molar-refractivity contribution in [3.63, 3.8) is 0 Å². The second-order valence-electron chi connectivity index (χ2n) is 1.57. The minimum Gasteiger partial charge on any atom is -0.492 e. The number of anilines is 1. The highest BCUT2D eigenvalue weighted by Gasteiger charge is 1.95. The number of nitrogen functional groups attached to an aromatic ring is 1. The molecular formula is C5H11N3O2. The summed E-state index contributed by atoms with van der Waals surface area (Å²) in [4.78, 5) is 3.51. The van der Waals surface area contributed by atoms with E-state index in [4.69, 9.17) is 15.9 Å². The van der Waals surface area contributed by atoms with Gasteiger partial charge >= 0.3 is 0 Å². The van der Waals surface area contributed by atoms with E-state index < -0.39 is 0 Å². The van der Waals surface area contributed by atoms with Crippen molar-refractivity contribution < 1.29 is 10.2 Å². The van der Waals surface area contributed by atoms with Crippen molar-refractivity contribution >= 4 is 5.95 Å². The summed E-state index contributed by atoms with van der Waals surface area (Å²) in [6, 6.07) is 0. The molecule has 0 amide bonds. The normalized spacial score (nSPS) is 8.30. The second-order valence-corrected chi connectivity index (χ2v) is 1.57. The van der Waals surface area contributed by atoms with Gasteiger partial charge in [-0.15, -0.1) is 0 Å². The average molecular weight is 145 g/mol. The number of rotatable bonds is 0. The molecule has 0 aliphatic rings. The molecular weight excluding hydrogens is 134 g/mol. The molecule has 58 valence electrons. The summed E-state index contributed by atoms with van der Waals surface area (Å²) in [5, 5.41) is 15.6. The molecule has 1 aromatic heterocycles. The highest BCUT2D eigenvalue weighted by atomic mass is 16.3. The lowest BCUT2D eigenvalue weighted by Crippen LogP contribution is -1.94. The molecule has 0 aromatic carbocycles. The molecule has 0 aliphatic heterocycles. The van der Waals surface area contributed by atoms with Crippen LogP contribution in [0.5, 0.6) is 5.88 Å². The van der Waals surface area contributed by atoms with Gasteiger partial charge in [0.25, 0.3) is 0 Å². The number of hydrogen-bond donors (Lipinski definition) is 3. The van der Waals surface area contributed by atoms with Crippen molar-refractivity contribution in [1.82, 2.24) is 9.55 Å². The summed E-state index contributed by atoms with van der Waals surface area (Å²) >= 11 is 0. The number of aryl methyl sites for hydroxylation is 1. The summed E-state index contributed by atoms with van der Waals surface area (Å²) in [5.74, 6) is 0.285. The lowest BCUT2D eigenvalue weighted by molar-refractivity contribution is 0.399. The van der Waals surface area contributed by atoms with Gasteiger partial charge in [0.15, 0.2) is 0 Å². The number of hydrogen-bond acceptors (Lipinski definition) is 4. The standard InChI is InChI=1S/C4H7N3O.CH4O/c1-7-2-3(8)6-4(7)5;1-2/h2,8H,1H3,(H2,5,6);2H,1H3. The van der Waals surface area contributed by atoms with Crippen molar-refractivity contribution in [2.24, 2.45) is 7.05 Å². The van der Waals surface area contributed by atoms with Gasteiger partial charge in [-0.25, -0.2) is 0 Å². The van der Waals surface area contributed by atoms with Crippen LogP contribution in [0.25, 0.3) is 0 Å². The fraction of sp³-hybridized carbons (Fsp3) is 0.400. The molecule has 0 saturated carbocycles. The molecule has 0 atom stereocenters. The lowest BCUT2D eigenvalue weighted by Gasteiger charge is -1.86. The van der Waals surface area contributed by atoms with Crippen LogP contribution in [0.15, 0.2) is 6.20 Å². The Morgan fingerprint density at radius 3 is 2.20 bits per heavy atom. The first-order chi connectivity index (χ1) is 4.70. The molecule has 1 aromatic rings. The zero-order valence-corrected chi connectivity index (χ0v) is 5.94. The number of aliphatic hydroxyl groups excluding tert-OH is 1. The molecule has 5 nitrogen and oxygen atoms in total. The van der Waals surface area contributed by atoms with Crippen molar-refractivity contribution in [1.29, 1.82) is 0 Å². The van der Waals surface area contributed by atoms with E-state index in [2.05, 4.69) is 4.98 Å². The van der Waals surface area contributed by atoms with E-state index in [9.17, 15) is 0 Å². The van der Waals surface area contributed by atoms with Gasteiger partial charge in [-0.2, -0.15) is 4.98 Å². The van der Waals surface area contributed by atoms with Crippen LogP contribution < -0.4 is 5.73 Å². The summed E-state index contributed by atoms with van der Waals surface area (Å²) < 4.78 is 1.54. The summed E-state index contributed by atoms with van der Waals surface area (Å²) in [7, 11) is 2.71. The summed E-state index contributed by atoms with van der Waals surface area (Å²) in [6.07, 6.45) is 1.44. The molecule has 10 heavy (non-hydrogen) atoms. The highest BCUT2D eigenvalue weighted by molar-refractivity contribution is 5.23. The van der Waals surface area contributed by atoms with Crippen LogP contribution in [0.1, 0.15) is 0 Å². The Morgan fingerprint density at radius 2 is 2.10 bits per heavy atom. The topological polar surface area (TPSA) is 84.3 Å². The van der Waals surface area contributed by atoms with E-state index in [1.165, 1.54) is 10.8 Å². The third kappa shape index (κ3) is 1.94. The molecule has 0 bridgehead atoms. The number of aromatic nitrogens is 2. The van der Waals surface area contributed by atoms with Gasteiger partial charge in [0.1, 0.15) is 0 Å². The fourth-order valence-electron chi connectivity index (χ4n) is 0.464. The Morgan fingerprint density at radius 1 is 1.60 bits per heavy atom. The van der Waals surface area contributed by atoms with Gasteiger partial charge in [-0.05, 0) is 0 Å². The largest absolute Gasteiger partial charge is 0.492 e. The molecule has 0 saturated heterocycles. The monoisotopic (exact) mass is 145 g/mol. The van der Waals surface area contributed by atoms with E-state index in [-0.39, 0.29) is 5.88 Å². The van der Waals surface area contributed by atoms with Crippen molar-refractivity contribution in [2.45, 2.75) is 0 Å². The molecule has 0 aliphatic carbocycles. The van der Waals surface area contributed by atoms with Crippen LogP contribution in [0, 0.1) is 0 Å². The van der Waals surface area contributed by atoms with Gasteiger partial charge in [-0.3, -0.25) is 0 Å². The third-order valence-corrected chi connectivity index (χ3v) is 0.900. The smallest absolute Gasteiger partial charge is 0.230 e. The number of nitrogens with two attached hydrogens (primary N) is 1. The summed E-state index contributed by atoms with van der Waals surface area (Å²) in [6.45, 7) is 0. The van der Waals surface area contributed by atoms with E-state index in [1.807, 2.05) is 0 Å². The van der Waals surface area contributed by atoms with Crippen LogP contribution in [-0.2, 0) is 7.05 Å². The van der Waals surface area contributed by atoms with Crippen molar-refractivity contribution in [3.05, 3.63) is 6.20 Å². The maximum absolute atomic E-state index is 8.62. The highest BCUT2D eigenvalue weighted by Crippen LogP contribution is 2.06. The molecule has 1 heterocycles. The van der Waals surface area contributed by atoms with Gasteiger partial charge in [0.05, 0.1) is 6.20 Å². The minimum absolute atomic E-state index is 0.0370. The van der Waals surface area contributed by atoms with Crippen LogP contribution in [0.2, 0.25) is 0 Å².